The van der Waals surface area contributed by atoms with Crippen LogP contribution in [0.5, 0.6) is 0 Å². The number of benzene rings is 1. The van der Waals surface area contributed by atoms with Crippen molar-refractivity contribution in [1.82, 2.24) is 0 Å². The van der Waals surface area contributed by atoms with Crippen LogP contribution in [0.15, 0.2) is 29.2 Å². The molecule has 0 bridgehead atoms. The molecule has 0 fully saturated rings. The molecule has 1 unspecified atom stereocenters. The fourth-order valence-corrected chi connectivity index (χ4v) is 1.31. The molecule has 0 heterocycles. The Morgan fingerprint density at radius 3 is 2.00 bits per heavy atom. The number of rotatable bonds is 1. The Bertz CT molecular complexity index is 351. The molecule has 1 aromatic rings. The van der Waals surface area contributed by atoms with E-state index in [9.17, 15) is 8.42 Å². The van der Waals surface area contributed by atoms with Crippen LogP contribution in [0, 0.1) is 0 Å². The van der Waals surface area contributed by atoms with Gasteiger partial charge in [-0.15, -0.1) is 9.24 Å². The Balaban J connectivity index is 0. The van der Waals surface area contributed by atoms with E-state index in [1.807, 2.05) is 0 Å². The van der Waals surface area contributed by atoms with Gasteiger partial charge in [0.2, 0.25) is 0 Å². The molecule has 0 aliphatic rings. The average molecular weight is 198 g/mol. The van der Waals surface area contributed by atoms with Gasteiger partial charge in [-0.05, 0) is 17.4 Å². The monoisotopic (exact) mass is 198 g/mol. The molecule has 6 heteroatoms. The first kappa shape index (κ1) is 12.2. The molecule has 0 saturated heterocycles. The fourth-order valence-electron chi connectivity index (χ4n) is 0.640. The van der Waals surface area contributed by atoms with Gasteiger partial charge in [-0.2, -0.15) is 8.42 Å². The zero-order chi connectivity index (χ0) is 8.48. The first-order valence-electron chi connectivity index (χ1n) is 2.83. The predicted octanol–water partition coefficient (Wildman–Crippen LogP) is -2.45. The van der Waals surface area contributed by atoms with Gasteiger partial charge < -0.3 is 1.43 Å². The van der Waals surface area contributed by atoms with Gasteiger partial charge in [-0.3, -0.25) is 4.55 Å². The van der Waals surface area contributed by atoms with Crippen LogP contribution in [0.4, 0.5) is 0 Å². The van der Waals surface area contributed by atoms with Crippen molar-refractivity contribution in [1.29, 1.82) is 0 Å². The maximum absolute atomic E-state index is 10.5. The van der Waals surface area contributed by atoms with Crippen molar-refractivity contribution in [2.45, 2.75) is 4.90 Å². The quantitative estimate of drug-likeness (QED) is 0.309. The molecule has 0 radical (unpaired) electrons. The van der Waals surface area contributed by atoms with E-state index in [0.717, 1.165) is 5.30 Å². The molecule has 1 atom stereocenters. The van der Waals surface area contributed by atoms with E-state index in [2.05, 4.69) is 9.24 Å². The zero-order valence-corrected chi connectivity index (χ0v) is 8.53. The third-order valence-corrected chi connectivity index (χ3v) is 2.43. The zero-order valence-electron chi connectivity index (χ0n) is 7.56. The minimum absolute atomic E-state index is 0. The van der Waals surface area contributed by atoms with Gasteiger partial charge in [-0.25, -0.2) is 0 Å². The summed E-state index contributed by atoms with van der Waals surface area (Å²) in [5.41, 5.74) is 0. The molecule has 0 amide bonds. The van der Waals surface area contributed by atoms with Gasteiger partial charge in [0.25, 0.3) is 10.1 Å². The molecular weight excluding hydrogens is 190 g/mol. The van der Waals surface area contributed by atoms with Crippen LogP contribution in [-0.2, 0) is 10.1 Å². The molecule has 0 saturated carbocycles. The molecule has 12 heavy (non-hydrogen) atoms. The maximum atomic E-state index is 10.5. The Morgan fingerprint density at radius 1 is 1.25 bits per heavy atom. The van der Waals surface area contributed by atoms with Crippen molar-refractivity contribution >= 4 is 24.7 Å². The Labute approximate surface area is 87.2 Å². The summed E-state index contributed by atoms with van der Waals surface area (Å²) < 4.78 is 29.5. The summed E-state index contributed by atoms with van der Waals surface area (Å²) in [4.78, 5) is -0.0799. The molecule has 0 aliphatic heterocycles. The summed E-state index contributed by atoms with van der Waals surface area (Å²) in [7, 11) is -1.61. The van der Waals surface area contributed by atoms with E-state index in [0.29, 0.717) is 0 Å². The Hall–Kier alpha value is 0.157. The summed E-state index contributed by atoms with van der Waals surface area (Å²) in [6, 6.07) is 5.87. The van der Waals surface area contributed by atoms with Crippen molar-refractivity contribution in [2.75, 3.05) is 0 Å². The smallest absolute Gasteiger partial charge is 1.00 e. The SMILES string of the molecule is O=S(=O)(O)c1ccc(P)cc1.[H-].[Li+]. The molecule has 1 rings (SSSR count). The van der Waals surface area contributed by atoms with E-state index in [1.165, 1.54) is 12.1 Å². The fraction of sp³-hybridized carbons (Fsp3) is 0. The second kappa shape index (κ2) is 4.41. The molecular formula is C6H8LiO3PS. The number of hydrogen-bond donors (Lipinski definition) is 1. The van der Waals surface area contributed by atoms with E-state index >= 15 is 0 Å². The van der Waals surface area contributed by atoms with Gasteiger partial charge in [0.15, 0.2) is 0 Å². The van der Waals surface area contributed by atoms with Crippen LogP contribution in [-0.4, -0.2) is 13.0 Å². The summed E-state index contributed by atoms with van der Waals surface area (Å²) in [5, 5.41) is 0.873. The van der Waals surface area contributed by atoms with Gasteiger partial charge in [-0.1, -0.05) is 12.1 Å². The standard InChI is InChI=1S/C6H7O3PS.Li.H/c7-11(8,9)6-3-1-5(10)2-4-6;;/h1-4H,10H2,(H,7,8,9);;/q;+1;-1. The van der Waals surface area contributed by atoms with Crippen LogP contribution < -0.4 is 24.2 Å². The minimum atomic E-state index is -4.03. The normalized spacial score (nSPS) is 10.5. The van der Waals surface area contributed by atoms with E-state index in [-0.39, 0.29) is 25.2 Å². The third-order valence-electron chi connectivity index (χ3n) is 1.18. The molecule has 1 N–H and O–H groups in total. The predicted molar refractivity (Wildman–Crippen MR) is 46.7 cm³/mol. The second-order valence-electron chi connectivity index (χ2n) is 2.04. The molecule has 3 nitrogen and oxygen atoms in total. The second-order valence-corrected chi connectivity index (χ2v) is 4.13. The van der Waals surface area contributed by atoms with Crippen LogP contribution in [0.3, 0.4) is 0 Å². The number of hydrogen-bond acceptors (Lipinski definition) is 2. The molecule has 62 valence electrons. The third kappa shape index (κ3) is 3.26. The average Bonchev–Trinajstić information content (AvgIpc) is 1.86. The largest absolute Gasteiger partial charge is 1.00 e. The molecule has 0 spiro atoms. The molecule has 1 aromatic carbocycles. The van der Waals surface area contributed by atoms with E-state index < -0.39 is 10.1 Å². The first-order valence-corrected chi connectivity index (χ1v) is 4.85. The van der Waals surface area contributed by atoms with Crippen LogP contribution in [0.2, 0.25) is 0 Å². The minimum Gasteiger partial charge on any atom is -1.00 e. The van der Waals surface area contributed by atoms with Gasteiger partial charge in [0.1, 0.15) is 0 Å². The Kier molecular flexibility index (Phi) is 4.47. The van der Waals surface area contributed by atoms with Crippen molar-refractivity contribution in [3.8, 4) is 0 Å². The first-order chi connectivity index (χ1) is 5.00. The van der Waals surface area contributed by atoms with Crippen molar-refractivity contribution in [2.24, 2.45) is 0 Å². The van der Waals surface area contributed by atoms with E-state index in [4.69, 9.17) is 4.55 Å². The van der Waals surface area contributed by atoms with E-state index in [1.54, 1.807) is 12.1 Å². The topological polar surface area (TPSA) is 54.4 Å². The summed E-state index contributed by atoms with van der Waals surface area (Å²) >= 11 is 0. The summed E-state index contributed by atoms with van der Waals surface area (Å²) in [6.07, 6.45) is 0. The van der Waals surface area contributed by atoms with Gasteiger partial charge >= 0.3 is 18.9 Å². The molecule has 0 aromatic heterocycles. The van der Waals surface area contributed by atoms with Gasteiger partial charge in [0, 0.05) is 0 Å². The van der Waals surface area contributed by atoms with Crippen molar-refractivity contribution in [3.63, 3.8) is 0 Å². The molecule has 0 aliphatic carbocycles. The van der Waals surface area contributed by atoms with Crippen molar-refractivity contribution in [3.05, 3.63) is 24.3 Å². The van der Waals surface area contributed by atoms with Gasteiger partial charge in [0.05, 0.1) is 4.90 Å². The van der Waals surface area contributed by atoms with Crippen molar-refractivity contribution < 1.29 is 33.3 Å². The summed E-state index contributed by atoms with van der Waals surface area (Å²) in [6.45, 7) is 0. The summed E-state index contributed by atoms with van der Waals surface area (Å²) in [5.74, 6) is 0. The maximum Gasteiger partial charge on any atom is 1.00 e. The Morgan fingerprint density at radius 2 is 1.67 bits per heavy atom. The van der Waals surface area contributed by atoms with Crippen LogP contribution >= 0.6 is 9.24 Å². The van der Waals surface area contributed by atoms with Crippen LogP contribution in [0.1, 0.15) is 1.43 Å². The van der Waals surface area contributed by atoms with Crippen LogP contribution in [0.25, 0.3) is 0 Å².